The molecule has 0 heterocycles. The molecular weight excluding hydrogens is 382 g/mol. The predicted molar refractivity (Wildman–Crippen MR) is 113 cm³/mol. The van der Waals surface area contributed by atoms with Crippen molar-refractivity contribution in [2.24, 2.45) is 0 Å². The Morgan fingerprint density at radius 1 is 1.00 bits per heavy atom. The average molecular weight is 408 g/mol. The molecule has 6 nitrogen and oxygen atoms in total. The van der Waals surface area contributed by atoms with Gasteiger partial charge in [-0.2, -0.15) is 0 Å². The molecule has 0 spiro atoms. The molecule has 3 rings (SSSR count). The van der Waals surface area contributed by atoms with Gasteiger partial charge < -0.3 is 15.2 Å². The molecule has 157 valence electrons. The zero-order chi connectivity index (χ0) is 21.7. The normalized spacial score (nSPS) is 13.4. The molecule has 0 aliphatic heterocycles. The van der Waals surface area contributed by atoms with E-state index in [9.17, 15) is 14.4 Å². The highest BCUT2D eigenvalue weighted by molar-refractivity contribution is 5.89. The highest BCUT2D eigenvalue weighted by Gasteiger charge is 2.30. The third kappa shape index (κ3) is 5.06. The Bertz CT molecular complexity index is 891. The van der Waals surface area contributed by atoms with Crippen molar-refractivity contribution in [3.8, 4) is 11.1 Å². The largest absolute Gasteiger partial charge is 0.481 e. The lowest BCUT2D eigenvalue weighted by atomic mass is 9.98. The average Bonchev–Trinajstić information content (AvgIpc) is 3.02. The maximum Gasteiger partial charge on any atom is 0.407 e. The van der Waals surface area contributed by atoms with Crippen molar-refractivity contribution in [1.82, 2.24) is 5.32 Å². The summed E-state index contributed by atoms with van der Waals surface area (Å²) >= 11 is 0. The van der Waals surface area contributed by atoms with Crippen LogP contribution < -0.4 is 5.32 Å². The second-order valence-electron chi connectivity index (χ2n) is 7.81. The number of carbonyl (C=O) groups is 3. The molecule has 0 unspecified atom stereocenters. The topological polar surface area (TPSA) is 92.7 Å². The third-order valence-electron chi connectivity index (χ3n) is 5.20. The van der Waals surface area contributed by atoms with Crippen LogP contribution in [0.4, 0.5) is 4.79 Å². The number of ketones is 1. The number of Topliss-reactive ketones (excluding diaryl/α,β-unsaturated/α-hetero) is 1. The van der Waals surface area contributed by atoms with Gasteiger partial charge in [-0.3, -0.25) is 9.59 Å². The molecular formula is C24H26NO5. The van der Waals surface area contributed by atoms with Crippen LogP contribution in [-0.4, -0.2) is 35.6 Å². The number of fused-ring (bicyclic) bond motifs is 3. The lowest BCUT2D eigenvalue weighted by molar-refractivity contribution is -0.137. The number of carbonyl (C=O) groups excluding carboxylic acids is 2. The lowest BCUT2D eigenvalue weighted by Crippen LogP contribution is -2.42. The number of benzene rings is 2. The monoisotopic (exact) mass is 408 g/mol. The fourth-order valence-corrected chi connectivity index (χ4v) is 3.84. The maximum absolute atomic E-state index is 12.4. The molecule has 2 N–H and O–H groups in total. The SMILES string of the molecule is C[C](C)CC(=O)[C@H](CCC(=O)O)NC(=O)OCC1c2ccccc2-c2ccccc21. The van der Waals surface area contributed by atoms with Crippen LogP contribution in [0.5, 0.6) is 0 Å². The first-order valence-corrected chi connectivity index (χ1v) is 10.0. The molecule has 2 aromatic rings. The van der Waals surface area contributed by atoms with Gasteiger partial charge in [-0.15, -0.1) is 0 Å². The standard InChI is InChI=1S/C24H26NO5/c1-15(2)13-22(26)21(11-12-23(27)28)25-24(29)30-14-20-18-9-5-3-7-16(18)17-8-4-6-10-19(17)20/h3-10,20-21H,11-14H2,1-2H3,(H,25,29)(H,27,28)/t21-/m0/s1. The molecule has 6 heteroatoms. The highest BCUT2D eigenvalue weighted by Crippen LogP contribution is 2.44. The Morgan fingerprint density at radius 3 is 2.10 bits per heavy atom. The summed E-state index contributed by atoms with van der Waals surface area (Å²) < 4.78 is 5.48. The number of carboxylic acid groups (broad SMARTS) is 1. The van der Waals surface area contributed by atoms with Crippen LogP contribution in [-0.2, 0) is 14.3 Å². The number of ether oxygens (including phenoxy) is 1. The smallest absolute Gasteiger partial charge is 0.407 e. The van der Waals surface area contributed by atoms with Gasteiger partial charge in [0.25, 0.3) is 0 Å². The van der Waals surface area contributed by atoms with Crippen molar-refractivity contribution >= 4 is 17.8 Å². The number of amides is 1. The van der Waals surface area contributed by atoms with Crippen molar-refractivity contribution in [2.75, 3.05) is 6.61 Å². The van der Waals surface area contributed by atoms with Crippen molar-refractivity contribution in [2.45, 2.75) is 45.1 Å². The van der Waals surface area contributed by atoms with Crippen LogP contribution in [0.3, 0.4) is 0 Å². The van der Waals surface area contributed by atoms with Gasteiger partial charge in [-0.05, 0) is 34.6 Å². The summed E-state index contributed by atoms with van der Waals surface area (Å²) in [5.41, 5.74) is 4.46. The van der Waals surface area contributed by atoms with E-state index in [1.807, 2.05) is 50.2 Å². The van der Waals surface area contributed by atoms with Crippen molar-refractivity contribution in [1.29, 1.82) is 0 Å². The molecule has 0 fully saturated rings. The molecule has 1 radical (unpaired) electrons. The molecule has 1 atom stereocenters. The van der Waals surface area contributed by atoms with Crippen LogP contribution in [0.1, 0.15) is 50.2 Å². The minimum atomic E-state index is -1.01. The molecule has 2 aromatic carbocycles. The van der Waals surface area contributed by atoms with E-state index in [0.29, 0.717) is 0 Å². The lowest BCUT2D eigenvalue weighted by Gasteiger charge is -2.19. The van der Waals surface area contributed by atoms with Crippen LogP contribution in [0.2, 0.25) is 0 Å². The van der Waals surface area contributed by atoms with Gasteiger partial charge in [0.2, 0.25) is 0 Å². The predicted octanol–water partition coefficient (Wildman–Crippen LogP) is 4.33. The Balaban J connectivity index is 1.66. The number of hydrogen-bond acceptors (Lipinski definition) is 4. The number of rotatable bonds is 9. The first kappa shape index (κ1) is 21.6. The summed E-state index contributed by atoms with van der Waals surface area (Å²) in [4.78, 5) is 35.7. The van der Waals surface area contributed by atoms with E-state index >= 15 is 0 Å². The van der Waals surface area contributed by atoms with E-state index in [4.69, 9.17) is 9.84 Å². The van der Waals surface area contributed by atoms with E-state index in [1.54, 1.807) is 0 Å². The quantitative estimate of drug-likeness (QED) is 0.644. The van der Waals surface area contributed by atoms with Crippen LogP contribution in [0.25, 0.3) is 11.1 Å². The second-order valence-corrected chi connectivity index (χ2v) is 7.81. The van der Waals surface area contributed by atoms with Gasteiger partial charge in [0.15, 0.2) is 5.78 Å². The van der Waals surface area contributed by atoms with E-state index in [-0.39, 0.29) is 37.6 Å². The Labute approximate surface area is 176 Å². The molecule has 0 saturated carbocycles. The molecule has 1 aliphatic rings. The van der Waals surface area contributed by atoms with Gasteiger partial charge in [-0.1, -0.05) is 62.4 Å². The van der Waals surface area contributed by atoms with Crippen molar-refractivity contribution < 1.29 is 24.2 Å². The van der Waals surface area contributed by atoms with Gasteiger partial charge >= 0.3 is 12.1 Å². The van der Waals surface area contributed by atoms with Crippen molar-refractivity contribution in [3.05, 3.63) is 65.6 Å². The summed E-state index contributed by atoms with van der Waals surface area (Å²) in [5, 5.41) is 11.5. The summed E-state index contributed by atoms with van der Waals surface area (Å²) in [6.07, 6.45) is -0.697. The summed E-state index contributed by atoms with van der Waals surface area (Å²) in [6.45, 7) is 3.78. The summed E-state index contributed by atoms with van der Waals surface area (Å²) in [5.74, 6) is -0.415. The minimum absolute atomic E-state index is 0.0334. The van der Waals surface area contributed by atoms with Crippen LogP contribution >= 0.6 is 0 Å². The van der Waals surface area contributed by atoms with Crippen LogP contribution in [0.15, 0.2) is 48.5 Å². The number of nitrogens with one attached hydrogen (secondary N) is 1. The number of hydrogen-bond donors (Lipinski definition) is 2. The number of alkyl carbamates (subject to hydrolysis) is 1. The fraction of sp³-hybridized carbons (Fsp3) is 0.333. The van der Waals surface area contributed by atoms with E-state index in [2.05, 4.69) is 17.4 Å². The Kier molecular flexibility index (Phi) is 6.87. The molecule has 0 bridgehead atoms. The zero-order valence-electron chi connectivity index (χ0n) is 17.2. The highest BCUT2D eigenvalue weighted by atomic mass is 16.5. The second kappa shape index (κ2) is 9.57. The van der Waals surface area contributed by atoms with E-state index in [0.717, 1.165) is 28.2 Å². The van der Waals surface area contributed by atoms with Crippen LogP contribution in [0, 0.1) is 5.92 Å². The summed E-state index contributed by atoms with van der Waals surface area (Å²) in [6, 6.07) is 15.2. The molecule has 1 aliphatic carbocycles. The van der Waals surface area contributed by atoms with E-state index in [1.165, 1.54) is 0 Å². The van der Waals surface area contributed by atoms with Crippen molar-refractivity contribution in [3.63, 3.8) is 0 Å². The molecule has 0 aromatic heterocycles. The zero-order valence-corrected chi connectivity index (χ0v) is 17.2. The van der Waals surface area contributed by atoms with Gasteiger partial charge in [0.1, 0.15) is 6.61 Å². The van der Waals surface area contributed by atoms with Gasteiger partial charge in [-0.25, -0.2) is 4.79 Å². The molecule has 30 heavy (non-hydrogen) atoms. The minimum Gasteiger partial charge on any atom is -0.481 e. The summed E-state index contributed by atoms with van der Waals surface area (Å²) in [7, 11) is 0. The first-order valence-electron chi connectivity index (χ1n) is 10.0. The molecule has 0 saturated heterocycles. The first-order chi connectivity index (χ1) is 14.4. The third-order valence-corrected chi connectivity index (χ3v) is 5.20. The number of carboxylic acids is 1. The number of aliphatic carboxylic acids is 1. The van der Waals surface area contributed by atoms with Gasteiger partial charge in [0.05, 0.1) is 6.04 Å². The fourth-order valence-electron chi connectivity index (χ4n) is 3.84. The van der Waals surface area contributed by atoms with E-state index < -0.39 is 18.1 Å². The molecule has 1 amide bonds. The Morgan fingerprint density at radius 2 is 1.57 bits per heavy atom. The Hall–Kier alpha value is -3.15. The van der Waals surface area contributed by atoms with Gasteiger partial charge in [0, 0.05) is 18.8 Å². The maximum atomic E-state index is 12.4.